The van der Waals surface area contributed by atoms with E-state index in [1.54, 1.807) is 0 Å². The molecule has 1 rings (SSSR count). The molecule has 0 aliphatic heterocycles. The summed E-state index contributed by atoms with van der Waals surface area (Å²) < 4.78 is 41.0. The molecular weight excluding hydrogens is 169 g/mol. The number of hydrogen-bond acceptors (Lipinski definition) is 1. The maximum absolute atomic E-state index is 12.0. The van der Waals surface area contributed by atoms with Crippen LogP contribution in [0.5, 0.6) is 0 Å². The summed E-state index contributed by atoms with van der Waals surface area (Å²) in [6.07, 6.45) is -3.74. The second-order valence-electron chi connectivity index (χ2n) is 3.53. The van der Waals surface area contributed by atoms with Crippen molar-refractivity contribution in [1.82, 2.24) is 0 Å². The fourth-order valence-electron chi connectivity index (χ4n) is 1.15. The van der Waals surface area contributed by atoms with E-state index in [-0.39, 0.29) is 25.0 Å². The molecule has 2 atom stereocenters. The topological polar surface area (TPSA) is 9.23 Å². The molecule has 1 saturated carbocycles. The summed E-state index contributed by atoms with van der Waals surface area (Å²) >= 11 is 0. The Morgan fingerprint density at radius 2 is 2.00 bits per heavy atom. The first-order chi connectivity index (χ1) is 5.41. The van der Waals surface area contributed by atoms with Crippen LogP contribution in [0.25, 0.3) is 0 Å². The quantitative estimate of drug-likeness (QED) is 0.651. The van der Waals surface area contributed by atoms with Crippen molar-refractivity contribution in [2.45, 2.75) is 32.5 Å². The van der Waals surface area contributed by atoms with Crippen LogP contribution in [0.4, 0.5) is 13.2 Å². The highest BCUT2D eigenvalue weighted by Gasteiger charge is 2.55. The minimum atomic E-state index is -4.01. The zero-order chi connectivity index (χ0) is 9.35. The van der Waals surface area contributed by atoms with Gasteiger partial charge in [0, 0.05) is 0 Å². The fraction of sp³-hybridized carbons (Fsp3) is 1.00. The molecule has 0 aromatic heterocycles. The van der Waals surface area contributed by atoms with Crippen LogP contribution in [0.1, 0.15) is 20.3 Å². The van der Waals surface area contributed by atoms with Crippen LogP contribution >= 0.6 is 0 Å². The van der Waals surface area contributed by atoms with Crippen LogP contribution in [0.15, 0.2) is 0 Å². The number of ether oxygens (including phenoxy) is 1. The number of rotatable bonds is 3. The van der Waals surface area contributed by atoms with E-state index in [1.807, 2.05) is 13.8 Å². The van der Waals surface area contributed by atoms with Crippen LogP contribution < -0.4 is 0 Å². The van der Waals surface area contributed by atoms with Gasteiger partial charge in [-0.25, -0.2) is 0 Å². The van der Waals surface area contributed by atoms with E-state index in [4.69, 9.17) is 4.74 Å². The first-order valence-corrected chi connectivity index (χ1v) is 4.09. The molecule has 0 heterocycles. The standard InChI is InChI=1S/C8H13F3O/c1-5(2)12-4-6-3-7(6)8(9,10)11/h5-7H,3-4H2,1-2H3. The van der Waals surface area contributed by atoms with Crippen LogP contribution in [0, 0.1) is 11.8 Å². The smallest absolute Gasteiger partial charge is 0.378 e. The minimum absolute atomic E-state index is 0.0273. The molecule has 1 nitrogen and oxygen atoms in total. The van der Waals surface area contributed by atoms with Gasteiger partial charge in [-0.05, 0) is 26.2 Å². The number of hydrogen-bond donors (Lipinski definition) is 0. The van der Waals surface area contributed by atoms with Crippen molar-refractivity contribution in [3.05, 3.63) is 0 Å². The lowest BCUT2D eigenvalue weighted by molar-refractivity contribution is -0.153. The molecule has 1 fully saturated rings. The predicted molar refractivity (Wildman–Crippen MR) is 38.7 cm³/mol. The number of alkyl halides is 3. The summed E-state index contributed by atoms with van der Waals surface area (Å²) in [6.45, 7) is 3.90. The molecule has 12 heavy (non-hydrogen) atoms. The van der Waals surface area contributed by atoms with Gasteiger partial charge < -0.3 is 4.74 Å². The molecule has 1 aliphatic rings. The van der Waals surface area contributed by atoms with Gasteiger partial charge in [-0.2, -0.15) is 13.2 Å². The zero-order valence-electron chi connectivity index (χ0n) is 7.19. The van der Waals surface area contributed by atoms with Gasteiger partial charge in [0.1, 0.15) is 0 Å². The van der Waals surface area contributed by atoms with Gasteiger partial charge in [0.2, 0.25) is 0 Å². The summed E-state index contributed by atoms with van der Waals surface area (Å²) in [5.74, 6) is -1.39. The average molecular weight is 182 g/mol. The van der Waals surface area contributed by atoms with Crippen molar-refractivity contribution in [2.75, 3.05) is 6.61 Å². The van der Waals surface area contributed by atoms with Crippen molar-refractivity contribution in [1.29, 1.82) is 0 Å². The Morgan fingerprint density at radius 1 is 1.42 bits per heavy atom. The Labute approximate surface area is 69.9 Å². The fourth-order valence-corrected chi connectivity index (χ4v) is 1.15. The van der Waals surface area contributed by atoms with E-state index < -0.39 is 12.1 Å². The van der Waals surface area contributed by atoms with Crippen molar-refractivity contribution in [3.63, 3.8) is 0 Å². The minimum Gasteiger partial charge on any atom is -0.378 e. The van der Waals surface area contributed by atoms with Crippen LogP contribution in [0.3, 0.4) is 0 Å². The van der Waals surface area contributed by atoms with E-state index in [0.717, 1.165) is 0 Å². The molecule has 4 heteroatoms. The van der Waals surface area contributed by atoms with E-state index in [1.165, 1.54) is 0 Å². The molecule has 2 unspecified atom stereocenters. The van der Waals surface area contributed by atoms with Crippen LogP contribution in [-0.4, -0.2) is 18.9 Å². The highest BCUT2D eigenvalue weighted by atomic mass is 19.4. The summed E-state index contributed by atoms with van der Waals surface area (Å²) in [5, 5.41) is 0. The van der Waals surface area contributed by atoms with Crippen molar-refractivity contribution in [3.8, 4) is 0 Å². The molecule has 0 bridgehead atoms. The van der Waals surface area contributed by atoms with Gasteiger partial charge in [0.05, 0.1) is 18.6 Å². The monoisotopic (exact) mass is 182 g/mol. The molecular formula is C8H13F3O. The second-order valence-corrected chi connectivity index (χ2v) is 3.53. The summed E-state index contributed by atoms with van der Waals surface area (Å²) in [4.78, 5) is 0. The van der Waals surface area contributed by atoms with E-state index >= 15 is 0 Å². The van der Waals surface area contributed by atoms with Crippen molar-refractivity contribution >= 4 is 0 Å². The molecule has 0 N–H and O–H groups in total. The molecule has 0 spiro atoms. The molecule has 0 radical (unpaired) electrons. The maximum Gasteiger partial charge on any atom is 0.392 e. The average Bonchev–Trinajstić information content (AvgIpc) is 2.59. The van der Waals surface area contributed by atoms with E-state index in [2.05, 4.69) is 0 Å². The highest BCUT2D eigenvalue weighted by molar-refractivity contribution is 4.91. The SMILES string of the molecule is CC(C)OCC1CC1C(F)(F)F. The van der Waals surface area contributed by atoms with E-state index in [9.17, 15) is 13.2 Å². The lowest BCUT2D eigenvalue weighted by atomic mass is 10.3. The molecule has 1 aliphatic carbocycles. The van der Waals surface area contributed by atoms with Gasteiger partial charge in [0.15, 0.2) is 0 Å². The van der Waals surface area contributed by atoms with Gasteiger partial charge in [-0.15, -0.1) is 0 Å². The Kier molecular flexibility index (Phi) is 2.66. The third-order valence-electron chi connectivity index (χ3n) is 1.99. The van der Waals surface area contributed by atoms with E-state index in [0.29, 0.717) is 0 Å². The summed E-state index contributed by atoms with van der Waals surface area (Å²) in [7, 11) is 0. The van der Waals surface area contributed by atoms with Gasteiger partial charge in [0.25, 0.3) is 0 Å². The normalized spacial score (nSPS) is 29.5. The summed E-state index contributed by atoms with van der Waals surface area (Å²) in [6, 6.07) is 0. The van der Waals surface area contributed by atoms with Crippen LogP contribution in [-0.2, 0) is 4.74 Å². The first kappa shape index (κ1) is 9.84. The maximum atomic E-state index is 12.0. The third kappa shape index (κ3) is 2.66. The first-order valence-electron chi connectivity index (χ1n) is 4.09. The number of halogens is 3. The lowest BCUT2D eigenvalue weighted by Crippen LogP contribution is -2.14. The van der Waals surface area contributed by atoms with Gasteiger partial charge >= 0.3 is 6.18 Å². The lowest BCUT2D eigenvalue weighted by Gasteiger charge is -2.08. The van der Waals surface area contributed by atoms with Gasteiger partial charge in [-0.1, -0.05) is 0 Å². The second kappa shape index (κ2) is 3.24. The Balaban J connectivity index is 2.16. The van der Waals surface area contributed by atoms with Crippen molar-refractivity contribution < 1.29 is 17.9 Å². The van der Waals surface area contributed by atoms with Crippen molar-refractivity contribution in [2.24, 2.45) is 11.8 Å². The molecule has 72 valence electrons. The molecule has 0 aromatic rings. The Bertz CT molecular complexity index is 153. The molecule has 0 saturated heterocycles. The largest absolute Gasteiger partial charge is 0.392 e. The zero-order valence-corrected chi connectivity index (χ0v) is 7.19. The summed E-state index contributed by atoms with van der Waals surface area (Å²) in [5.41, 5.74) is 0. The van der Waals surface area contributed by atoms with Crippen LogP contribution in [0.2, 0.25) is 0 Å². The predicted octanol–water partition coefficient (Wildman–Crippen LogP) is 2.61. The molecule has 0 aromatic carbocycles. The third-order valence-corrected chi connectivity index (χ3v) is 1.99. The highest BCUT2D eigenvalue weighted by Crippen LogP contribution is 2.50. The molecule has 0 amide bonds. The Hall–Kier alpha value is -0.250. The Morgan fingerprint density at radius 3 is 2.33 bits per heavy atom. The van der Waals surface area contributed by atoms with Gasteiger partial charge in [-0.3, -0.25) is 0 Å².